The fraction of sp³-hybridized carbons (Fsp3) is 0.318. The summed E-state index contributed by atoms with van der Waals surface area (Å²) in [7, 11) is 4.57. The Hall–Kier alpha value is -3.77. The molecule has 1 aromatic carbocycles. The number of nitrogens with two attached hydrogens (primary N) is 1. The number of carbonyl (C=O) groups is 1. The molecule has 1 aliphatic heterocycles. The molecule has 0 amide bonds. The van der Waals surface area contributed by atoms with Crippen molar-refractivity contribution in [1.82, 2.24) is 19.9 Å². The summed E-state index contributed by atoms with van der Waals surface area (Å²) in [6, 6.07) is 5.10. The van der Waals surface area contributed by atoms with E-state index in [0.29, 0.717) is 46.9 Å². The number of anilines is 1. The second-order valence-electron chi connectivity index (χ2n) is 7.13. The van der Waals surface area contributed by atoms with E-state index in [1.54, 1.807) is 20.3 Å². The van der Waals surface area contributed by atoms with Crippen molar-refractivity contribution in [3.05, 3.63) is 41.9 Å². The van der Waals surface area contributed by atoms with Gasteiger partial charge >= 0.3 is 5.97 Å². The topological polar surface area (TPSA) is 114 Å². The van der Waals surface area contributed by atoms with Crippen LogP contribution in [0.5, 0.6) is 11.5 Å². The Kier molecular flexibility index (Phi) is 5.64. The monoisotopic (exact) mass is 421 g/mol. The number of nitrogens with one attached hydrogen (secondary N) is 1. The highest BCUT2D eigenvalue weighted by Gasteiger charge is 2.32. The molecule has 0 radical (unpaired) electrons. The van der Waals surface area contributed by atoms with Crippen LogP contribution >= 0.6 is 0 Å². The second-order valence-corrected chi connectivity index (χ2v) is 7.13. The number of methoxy groups -OCH3 is 3. The Morgan fingerprint density at radius 1 is 1.16 bits per heavy atom. The van der Waals surface area contributed by atoms with Gasteiger partial charge in [-0.05, 0) is 18.6 Å². The normalized spacial score (nSPS) is 17.8. The van der Waals surface area contributed by atoms with Crippen LogP contribution in [0.25, 0.3) is 11.0 Å². The molecular formula is C22H23N5O4. The molecule has 4 rings (SSSR count). The third-order valence-corrected chi connectivity index (χ3v) is 5.32. The molecule has 0 saturated carbocycles. The smallest absolute Gasteiger partial charge is 0.322 e. The molecule has 9 heteroatoms. The van der Waals surface area contributed by atoms with E-state index in [1.165, 1.54) is 13.4 Å². The van der Waals surface area contributed by atoms with Crippen molar-refractivity contribution in [2.45, 2.75) is 18.5 Å². The Morgan fingerprint density at radius 2 is 1.90 bits per heavy atom. The predicted molar refractivity (Wildman–Crippen MR) is 115 cm³/mol. The molecule has 31 heavy (non-hydrogen) atoms. The maximum Gasteiger partial charge on any atom is 0.322 e. The molecule has 3 aromatic rings. The van der Waals surface area contributed by atoms with Crippen molar-refractivity contribution < 1.29 is 19.0 Å². The zero-order valence-corrected chi connectivity index (χ0v) is 17.5. The highest BCUT2D eigenvalue weighted by Crippen LogP contribution is 2.30. The fourth-order valence-corrected chi connectivity index (χ4v) is 3.75. The number of fused-ring (bicyclic) bond motifs is 1. The first kappa shape index (κ1) is 20.5. The number of rotatable bonds is 4. The molecule has 9 nitrogen and oxygen atoms in total. The average Bonchev–Trinajstić information content (AvgIpc) is 3.42. The predicted octanol–water partition coefficient (Wildman–Crippen LogP) is 1.51. The first-order valence-electron chi connectivity index (χ1n) is 9.71. The van der Waals surface area contributed by atoms with E-state index in [-0.39, 0.29) is 18.1 Å². The quantitative estimate of drug-likeness (QED) is 0.481. The molecule has 2 aromatic heterocycles. The van der Waals surface area contributed by atoms with Crippen molar-refractivity contribution in [2.24, 2.45) is 0 Å². The maximum absolute atomic E-state index is 11.9. The summed E-state index contributed by atoms with van der Waals surface area (Å²) in [6.07, 6.45) is 3.92. The number of carbonyl (C=O) groups excluding carboxylic acids is 1. The van der Waals surface area contributed by atoms with Gasteiger partial charge in [0.2, 0.25) is 0 Å². The molecule has 3 N–H and O–H groups in total. The van der Waals surface area contributed by atoms with Gasteiger partial charge in [-0.1, -0.05) is 11.8 Å². The second kappa shape index (κ2) is 8.53. The number of aromatic nitrogens is 3. The van der Waals surface area contributed by atoms with Crippen LogP contribution in [0.3, 0.4) is 0 Å². The molecular weight excluding hydrogens is 398 g/mol. The summed E-state index contributed by atoms with van der Waals surface area (Å²) in [5.74, 6) is 7.71. The lowest BCUT2D eigenvalue weighted by atomic mass is 10.1. The van der Waals surface area contributed by atoms with Crippen LogP contribution in [0.4, 0.5) is 5.82 Å². The summed E-state index contributed by atoms with van der Waals surface area (Å²) < 4.78 is 17.5. The van der Waals surface area contributed by atoms with E-state index < -0.39 is 0 Å². The minimum atomic E-state index is -0.356. The fourth-order valence-electron chi connectivity index (χ4n) is 3.75. The zero-order valence-electron chi connectivity index (χ0n) is 17.5. The Labute approximate surface area is 179 Å². The van der Waals surface area contributed by atoms with Crippen LogP contribution in [0.15, 0.2) is 30.7 Å². The maximum atomic E-state index is 11.9. The molecule has 3 heterocycles. The summed E-state index contributed by atoms with van der Waals surface area (Å²) in [4.78, 5) is 20.5. The van der Waals surface area contributed by atoms with E-state index in [4.69, 9.17) is 19.9 Å². The minimum absolute atomic E-state index is 0.00774. The lowest BCUT2D eigenvalue weighted by Gasteiger charge is -2.12. The van der Waals surface area contributed by atoms with Crippen LogP contribution in [-0.2, 0) is 9.53 Å². The third kappa shape index (κ3) is 3.98. The van der Waals surface area contributed by atoms with Crippen molar-refractivity contribution >= 4 is 22.8 Å². The van der Waals surface area contributed by atoms with Gasteiger partial charge in [-0.3, -0.25) is 4.79 Å². The van der Waals surface area contributed by atoms with Gasteiger partial charge in [0, 0.05) is 30.4 Å². The lowest BCUT2D eigenvalue weighted by Crippen LogP contribution is -2.31. The van der Waals surface area contributed by atoms with Crippen molar-refractivity contribution in [3.63, 3.8) is 0 Å². The van der Waals surface area contributed by atoms with Gasteiger partial charge in [-0.25, -0.2) is 9.97 Å². The highest BCUT2D eigenvalue weighted by atomic mass is 16.5. The summed E-state index contributed by atoms with van der Waals surface area (Å²) >= 11 is 0. The number of hydrogen-bond donors (Lipinski definition) is 2. The molecule has 1 aliphatic rings. The molecule has 1 fully saturated rings. The standard InChI is InChI=1S/C22H23N5O4/c1-29-16-6-13(7-17(9-16)30-2)4-5-14-11-27(21-19(14)20(23)25-12-26-21)15-8-18(24-10-15)22(28)31-3/h6-7,9,11-12,15,18,24H,8,10H2,1-3H3,(H2,23,25,26)/t15-,18-/m0/s1. The Bertz CT molecular complexity index is 1170. The zero-order chi connectivity index (χ0) is 22.0. The number of hydrogen-bond acceptors (Lipinski definition) is 8. The number of esters is 1. The van der Waals surface area contributed by atoms with Gasteiger partial charge in [-0.2, -0.15) is 0 Å². The van der Waals surface area contributed by atoms with Crippen LogP contribution < -0.4 is 20.5 Å². The van der Waals surface area contributed by atoms with Gasteiger partial charge in [0.25, 0.3) is 0 Å². The molecule has 0 unspecified atom stereocenters. The molecule has 0 bridgehead atoms. The highest BCUT2D eigenvalue weighted by molar-refractivity contribution is 5.92. The first-order valence-corrected chi connectivity index (χ1v) is 9.71. The Morgan fingerprint density at radius 3 is 2.58 bits per heavy atom. The van der Waals surface area contributed by atoms with Crippen molar-refractivity contribution in [1.29, 1.82) is 0 Å². The molecule has 0 aliphatic carbocycles. The van der Waals surface area contributed by atoms with E-state index in [0.717, 1.165) is 5.56 Å². The van der Waals surface area contributed by atoms with Crippen molar-refractivity contribution in [3.8, 4) is 23.3 Å². The van der Waals surface area contributed by atoms with Crippen LogP contribution in [0.2, 0.25) is 0 Å². The van der Waals surface area contributed by atoms with E-state index in [1.807, 2.05) is 22.9 Å². The third-order valence-electron chi connectivity index (χ3n) is 5.32. The van der Waals surface area contributed by atoms with Gasteiger partial charge in [0.1, 0.15) is 35.3 Å². The largest absolute Gasteiger partial charge is 0.497 e. The van der Waals surface area contributed by atoms with E-state index >= 15 is 0 Å². The lowest BCUT2D eigenvalue weighted by molar-refractivity contribution is -0.142. The molecule has 160 valence electrons. The first-order chi connectivity index (χ1) is 15.0. The van der Waals surface area contributed by atoms with Gasteiger partial charge < -0.3 is 29.8 Å². The molecule has 0 spiro atoms. The number of ether oxygens (including phenoxy) is 3. The molecule has 2 atom stereocenters. The van der Waals surface area contributed by atoms with Crippen LogP contribution in [0.1, 0.15) is 23.6 Å². The minimum Gasteiger partial charge on any atom is -0.497 e. The summed E-state index contributed by atoms with van der Waals surface area (Å²) in [6.45, 7) is 0.605. The number of benzene rings is 1. The number of nitrogens with zero attached hydrogens (tertiary/aromatic N) is 3. The molecule has 1 saturated heterocycles. The average molecular weight is 421 g/mol. The number of nitrogen functional groups attached to an aromatic ring is 1. The van der Waals surface area contributed by atoms with Crippen molar-refractivity contribution in [2.75, 3.05) is 33.6 Å². The van der Waals surface area contributed by atoms with E-state index in [9.17, 15) is 4.79 Å². The van der Waals surface area contributed by atoms with Crippen LogP contribution in [-0.4, -0.2) is 54.4 Å². The Balaban J connectivity index is 1.74. The summed E-state index contributed by atoms with van der Waals surface area (Å²) in [5, 5.41) is 3.88. The van der Waals surface area contributed by atoms with E-state index in [2.05, 4.69) is 27.1 Å². The van der Waals surface area contributed by atoms with Gasteiger partial charge in [0.15, 0.2) is 0 Å². The SMILES string of the molecule is COC(=O)[C@@H]1C[C@H](n2cc(C#Cc3cc(OC)cc(OC)c3)c3c(N)ncnc32)CN1. The summed E-state index contributed by atoms with van der Waals surface area (Å²) in [5.41, 5.74) is 8.28. The van der Waals surface area contributed by atoms with Gasteiger partial charge in [0.05, 0.1) is 32.3 Å². The van der Waals surface area contributed by atoms with Crippen LogP contribution in [0, 0.1) is 11.8 Å². The van der Waals surface area contributed by atoms with Gasteiger partial charge in [-0.15, -0.1) is 0 Å².